The first-order valence-corrected chi connectivity index (χ1v) is 6.07. The molecule has 0 saturated carbocycles. The fraction of sp³-hybridized carbons (Fsp3) is 0.385. The highest BCUT2D eigenvalue weighted by Gasteiger charge is 2.23. The third-order valence-electron chi connectivity index (χ3n) is 3.09. The molecule has 1 atom stereocenters. The predicted molar refractivity (Wildman–Crippen MR) is 69.6 cm³/mol. The second-order valence-electron chi connectivity index (χ2n) is 4.35. The largest absolute Gasteiger partial charge is 0.497 e. The molecule has 102 valence electrons. The van der Waals surface area contributed by atoms with Gasteiger partial charge in [0.1, 0.15) is 5.75 Å². The lowest BCUT2D eigenvalue weighted by Gasteiger charge is -2.13. The molecule has 0 aromatic heterocycles. The van der Waals surface area contributed by atoms with Crippen LogP contribution < -0.4 is 15.4 Å². The molecule has 1 unspecified atom stereocenters. The fourth-order valence-corrected chi connectivity index (χ4v) is 2.06. The van der Waals surface area contributed by atoms with E-state index in [0.29, 0.717) is 5.75 Å². The third-order valence-corrected chi connectivity index (χ3v) is 3.09. The van der Waals surface area contributed by atoms with Crippen LogP contribution in [0.15, 0.2) is 18.2 Å². The SMILES string of the molecule is COc1ccc(NC(=O)C2CCCN2)c(C(=O)O)c1. The van der Waals surface area contributed by atoms with E-state index in [4.69, 9.17) is 9.84 Å². The molecule has 1 aromatic carbocycles. The number of anilines is 1. The Hall–Kier alpha value is -2.08. The van der Waals surface area contributed by atoms with E-state index in [1.165, 1.54) is 19.2 Å². The Kier molecular flexibility index (Phi) is 4.01. The van der Waals surface area contributed by atoms with E-state index in [-0.39, 0.29) is 23.2 Å². The van der Waals surface area contributed by atoms with Crippen LogP contribution in [0.3, 0.4) is 0 Å². The number of carboxylic acids is 1. The van der Waals surface area contributed by atoms with E-state index in [0.717, 1.165) is 19.4 Å². The Morgan fingerprint density at radius 2 is 2.26 bits per heavy atom. The van der Waals surface area contributed by atoms with Gasteiger partial charge in [-0.25, -0.2) is 4.79 Å². The van der Waals surface area contributed by atoms with Crippen molar-refractivity contribution in [1.82, 2.24) is 5.32 Å². The summed E-state index contributed by atoms with van der Waals surface area (Å²) >= 11 is 0. The van der Waals surface area contributed by atoms with Gasteiger partial charge in [-0.2, -0.15) is 0 Å². The molecular weight excluding hydrogens is 248 g/mol. The summed E-state index contributed by atoms with van der Waals surface area (Å²) in [7, 11) is 1.46. The number of benzene rings is 1. The molecule has 0 aliphatic carbocycles. The van der Waals surface area contributed by atoms with Crippen LogP contribution in [-0.2, 0) is 4.79 Å². The van der Waals surface area contributed by atoms with Crippen molar-refractivity contribution in [3.05, 3.63) is 23.8 Å². The number of methoxy groups -OCH3 is 1. The van der Waals surface area contributed by atoms with Crippen molar-refractivity contribution in [2.24, 2.45) is 0 Å². The van der Waals surface area contributed by atoms with Crippen molar-refractivity contribution in [1.29, 1.82) is 0 Å². The molecule has 1 amide bonds. The lowest BCUT2D eigenvalue weighted by Crippen LogP contribution is -2.35. The molecule has 1 aliphatic heterocycles. The summed E-state index contributed by atoms with van der Waals surface area (Å²) in [5.41, 5.74) is 0.303. The maximum atomic E-state index is 11.9. The van der Waals surface area contributed by atoms with Gasteiger partial charge in [-0.1, -0.05) is 0 Å². The van der Waals surface area contributed by atoms with Gasteiger partial charge in [0, 0.05) is 0 Å². The fourth-order valence-electron chi connectivity index (χ4n) is 2.06. The molecular formula is C13H16N2O4. The van der Waals surface area contributed by atoms with Crippen molar-refractivity contribution in [3.8, 4) is 5.75 Å². The second-order valence-corrected chi connectivity index (χ2v) is 4.35. The number of hydrogen-bond donors (Lipinski definition) is 3. The van der Waals surface area contributed by atoms with Crippen LogP contribution in [-0.4, -0.2) is 36.7 Å². The van der Waals surface area contributed by atoms with Crippen LogP contribution in [0.1, 0.15) is 23.2 Å². The zero-order valence-electron chi connectivity index (χ0n) is 10.6. The van der Waals surface area contributed by atoms with Crippen LogP contribution in [0.25, 0.3) is 0 Å². The summed E-state index contributed by atoms with van der Waals surface area (Å²) in [6.45, 7) is 0.812. The van der Waals surface area contributed by atoms with E-state index in [1.54, 1.807) is 6.07 Å². The van der Waals surface area contributed by atoms with Crippen molar-refractivity contribution in [2.45, 2.75) is 18.9 Å². The van der Waals surface area contributed by atoms with Crippen molar-refractivity contribution in [2.75, 3.05) is 19.0 Å². The van der Waals surface area contributed by atoms with Gasteiger partial charge < -0.3 is 20.5 Å². The molecule has 1 saturated heterocycles. The van der Waals surface area contributed by atoms with Crippen LogP contribution in [0.2, 0.25) is 0 Å². The van der Waals surface area contributed by atoms with Gasteiger partial charge in [0.05, 0.1) is 24.4 Å². The minimum absolute atomic E-state index is 0.0192. The number of carboxylic acid groups (broad SMARTS) is 1. The molecule has 1 aromatic rings. The Labute approximate surface area is 110 Å². The van der Waals surface area contributed by atoms with Gasteiger partial charge in [-0.05, 0) is 37.6 Å². The monoisotopic (exact) mass is 264 g/mol. The average Bonchev–Trinajstić information content (AvgIpc) is 2.92. The molecule has 6 nitrogen and oxygen atoms in total. The lowest BCUT2D eigenvalue weighted by atomic mass is 10.1. The number of amides is 1. The van der Waals surface area contributed by atoms with Crippen LogP contribution in [0, 0.1) is 0 Å². The maximum Gasteiger partial charge on any atom is 0.337 e. The van der Waals surface area contributed by atoms with Crippen molar-refractivity contribution in [3.63, 3.8) is 0 Å². The Morgan fingerprint density at radius 1 is 1.47 bits per heavy atom. The lowest BCUT2D eigenvalue weighted by molar-refractivity contribution is -0.117. The van der Waals surface area contributed by atoms with E-state index in [1.807, 2.05) is 0 Å². The van der Waals surface area contributed by atoms with E-state index < -0.39 is 5.97 Å². The third kappa shape index (κ3) is 3.03. The van der Waals surface area contributed by atoms with E-state index >= 15 is 0 Å². The van der Waals surface area contributed by atoms with Crippen LogP contribution in [0.4, 0.5) is 5.69 Å². The molecule has 1 fully saturated rings. The normalized spacial score (nSPS) is 18.1. The summed E-state index contributed by atoms with van der Waals surface area (Å²) in [5.74, 6) is -0.867. The van der Waals surface area contributed by atoms with Gasteiger partial charge in [0.15, 0.2) is 0 Å². The molecule has 19 heavy (non-hydrogen) atoms. The van der Waals surface area contributed by atoms with Crippen molar-refractivity contribution >= 4 is 17.6 Å². The topological polar surface area (TPSA) is 87.7 Å². The first-order valence-electron chi connectivity index (χ1n) is 6.07. The maximum absolute atomic E-state index is 11.9. The van der Waals surface area contributed by atoms with E-state index in [2.05, 4.69) is 10.6 Å². The van der Waals surface area contributed by atoms with Gasteiger partial charge in [-0.15, -0.1) is 0 Å². The number of rotatable bonds is 4. The highest BCUT2D eigenvalue weighted by molar-refractivity contribution is 6.02. The van der Waals surface area contributed by atoms with Crippen LogP contribution >= 0.6 is 0 Å². The Morgan fingerprint density at radius 3 is 2.84 bits per heavy atom. The van der Waals surface area contributed by atoms with Gasteiger partial charge >= 0.3 is 5.97 Å². The number of carbonyl (C=O) groups is 2. The van der Waals surface area contributed by atoms with Gasteiger partial charge in [0.2, 0.25) is 5.91 Å². The predicted octanol–water partition coefficient (Wildman–Crippen LogP) is 1.08. The van der Waals surface area contributed by atoms with Crippen molar-refractivity contribution < 1.29 is 19.4 Å². The Bertz CT molecular complexity index is 495. The molecule has 1 aliphatic rings. The standard InChI is InChI=1S/C13H16N2O4/c1-19-8-4-5-10(9(7-8)13(17)18)15-12(16)11-3-2-6-14-11/h4-5,7,11,14H,2-3,6H2,1H3,(H,15,16)(H,17,18). The average molecular weight is 264 g/mol. The summed E-state index contributed by atoms with van der Waals surface area (Å²) in [5, 5.41) is 14.9. The molecule has 1 heterocycles. The summed E-state index contributed by atoms with van der Waals surface area (Å²) in [4.78, 5) is 23.1. The zero-order valence-corrected chi connectivity index (χ0v) is 10.6. The molecule has 3 N–H and O–H groups in total. The molecule has 0 bridgehead atoms. The smallest absolute Gasteiger partial charge is 0.337 e. The number of ether oxygens (including phenoxy) is 1. The first kappa shape index (κ1) is 13.4. The Balaban J connectivity index is 2.19. The minimum Gasteiger partial charge on any atom is -0.497 e. The number of hydrogen-bond acceptors (Lipinski definition) is 4. The number of nitrogens with one attached hydrogen (secondary N) is 2. The first-order chi connectivity index (χ1) is 9.11. The molecule has 0 spiro atoms. The molecule has 6 heteroatoms. The minimum atomic E-state index is -1.10. The van der Waals surface area contributed by atoms with Gasteiger partial charge in [-0.3, -0.25) is 4.79 Å². The highest BCUT2D eigenvalue weighted by atomic mass is 16.5. The van der Waals surface area contributed by atoms with Crippen LogP contribution in [0.5, 0.6) is 5.75 Å². The molecule has 2 rings (SSSR count). The number of aromatic carboxylic acids is 1. The number of carbonyl (C=O) groups excluding carboxylic acids is 1. The molecule has 0 radical (unpaired) electrons. The summed E-state index contributed by atoms with van der Waals surface area (Å²) < 4.78 is 4.98. The quantitative estimate of drug-likeness (QED) is 0.757. The van der Waals surface area contributed by atoms with E-state index in [9.17, 15) is 9.59 Å². The zero-order chi connectivity index (χ0) is 13.8. The second kappa shape index (κ2) is 5.71. The van der Waals surface area contributed by atoms with Gasteiger partial charge in [0.25, 0.3) is 0 Å². The summed E-state index contributed by atoms with van der Waals surface area (Å²) in [6.07, 6.45) is 1.72. The summed E-state index contributed by atoms with van der Waals surface area (Å²) in [6, 6.07) is 4.29. The highest BCUT2D eigenvalue weighted by Crippen LogP contribution is 2.22.